The van der Waals surface area contributed by atoms with Crippen molar-refractivity contribution < 1.29 is 31.7 Å². The number of pyridine rings is 1. The number of hydroxylamine groups is 1. The second-order valence-electron chi connectivity index (χ2n) is 6.39. The van der Waals surface area contributed by atoms with Crippen molar-refractivity contribution in [1.82, 2.24) is 10.0 Å². The lowest BCUT2D eigenvalue weighted by Gasteiger charge is -2.25. The van der Waals surface area contributed by atoms with Gasteiger partial charge in [0, 0.05) is 30.6 Å². The maximum Gasteiger partial charge on any atom is 0.264 e. The van der Waals surface area contributed by atoms with Gasteiger partial charge in [0.25, 0.3) is 11.5 Å². The number of halogens is 1. The predicted octanol–water partition coefficient (Wildman–Crippen LogP) is 1.36. The van der Waals surface area contributed by atoms with Gasteiger partial charge in [0.15, 0.2) is 14.6 Å². The maximum atomic E-state index is 14.6. The van der Waals surface area contributed by atoms with Crippen molar-refractivity contribution in [2.75, 3.05) is 13.3 Å². The number of amides is 1. The molecule has 2 aromatic rings. The lowest BCUT2D eigenvalue weighted by atomic mass is 10.1. The van der Waals surface area contributed by atoms with Crippen LogP contribution in [0.2, 0.25) is 0 Å². The van der Waals surface area contributed by atoms with Gasteiger partial charge >= 0.3 is 0 Å². The van der Waals surface area contributed by atoms with E-state index in [1.54, 1.807) is 0 Å². The van der Waals surface area contributed by atoms with E-state index in [0.717, 1.165) is 30.0 Å². The molecule has 2 N–H and O–H groups in total. The number of aromatic nitrogens is 1. The molecule has 152 valence electrons. The highest BCUT2D eigenvalue weighted by atomic mass is 32.2. The molecule has 1 heterocycles. The van der Waals surface area contributed by atoms with Crippen LogP contribution in [0.3, 0.4) is 0 Å². The van der Waals surface area contributed by atoms with Crippen LogP contribution in [0.5, 0.6) is 5.75 Å². The summed E-state index contributed by atoms with van der Waals surface area (Å²) in [5.41, 5.74) is 0.882. The number of methoxy groups -OCH3 is 1. The number of ether oxygens (including phenoxy) is 1. The van der Waals surface area contributed by atoms with Crippen molar-refractivity contribution in [3.8, 4) is 16.9 Å². The molecule has 1 amide bonds. The first kappa shape index (κ1) is 17.4. The summed E-state index contributed by atoms with van der Waals surface area (Å²) in [4.78, 5) is 24.3. The maximum absolute atomic E-state index is 14.6. The SMILES string of the molecule is [2H]C([2H])([2H])Oc1ccc(-c2cc(=O)n(CC[C@](C)(C(=O)NO)S(C)(=O)=O)cc2F)cc1. The Morgan fingerprint density at radius 1 is 1.39 bits per heavy atom. The summed E-state index contributed by atoms with van der Waals surface area (Å²) in [5.74, 6) is -1.92. The number of rotatable bonds is 7. The zero-order valence-corrected chi connectivity index (χ0v) is 15.9. The van der Waals surface area contributed by atoms with Gasteiger partial charge in [-0.2, -0.15) is 0 Å². The predicted molar refractivity (Wildman–Crippen MR) is 100 cm³/mol. The molecule has 0 bridgehead atoms. The highest BCUT2D eigenvalue weighted by Crippen LogP contribution is 2.25. The minimum Gasteiger partial charge on any atom is -0.497 e. The smallest absolute Gasteiger partial charge is 0.264 e. The van der Waals surface area contributed by atoms with Crippen LogP contribution >= 0.6 is 0 Å². The van der Waals surface area contributed by atoms with E-state index in [1.807, 2.05) is 0 Å². The van der Waals surface area contributed by atoms with Gasteiger partial charge in [-0.3, -0.25) is 14.8 Å². The number of benzene rings is 1. The number of nitrogens with zero attached hydrogens (tertiary/aromatic N) is 1. The highest BCUT2D eigenvalue weighted by Gasteiger charge is 2.43. The summed E-state index contributed by atoms with van der Waals surface area (Å²) < 4.78 is 63.5. The average molecular weight is 415 g/mol. The van der Waals surface area contributed by atoms with Crippen molar-refractivity contribution in [3.63, 3.8) is 0 Å². The molecule has 0 aliphatic carbocycles. The number of sulfone groups is 1. The molecule has 0 spiro atoms. The molecule has 0 saturated carbocycles. The fraction of sp³-hybridized carbons (Fsp3) is 0.333. The molecule has 10 heteroatoms. The lowest BCUT2D eigenvalue weighted by molar-refractivity contribution is -0.131. The first-order valence-corrected chi connectivity index (χ1v) is 9.91. The quantitative estimate of drug-likeness (QED) is 0.521. The molecule has 2 rings (SSSR count). The third kappa shape index (κ3) is 4.23. The molecule has 0 aliphatic heterocycles. The number of hydrogen-bond acceptors (Lipinski definition) is 6. The zero-order valence-electron chi connectivity index (χ0n) is 18.1. The number of carbonyl (C=O) groups is 1. The Labute approximate surface area is 165 Å². The summed E-state index contributed by atoms with van der Waals surface area (Å²) in [6.45, 7) is 0.783. The summed E-state index contributed by atoms with van der Waals surface area (Å²) in [5, 5.41) is 8.84. The van der Waals surface area contributed by atoms with Crippen molar-refractivity contribution in [3.05, 3.63) is 52.7 Å². The molecular formula is C18H21FN2O6S. The van der Waals surface area contributed by atoms with Crippen LogP contribution in [0.15, 0.2) is 41.3 Å². The molecule has 0 radical (unpaired) electrons. The van der Waals surface area contributed by atoms with Crippen LogP contribution in [0, 0.1) is 5.82 Å². The fourth-order valence-electron chi connectivity index (χ4n) is 2.56. The molecule has 8 nitrogen and oxygen atoms in total. The van der Waals surface area contributed by atoms with Gasteiger partial charge < -0.3 is 9.30 Å². The standard InChI is InChI=1S/C18H21FN2O6S/c1-18(17(23)20-24,28(3,25)26)8-9-21-11-15(19)14(10-16(21)22)12-4-6-13(27-2)7-5-12/h4-7,10-11,24H,8-9H2,1-3H3,(H,20,23)/t18-/m1/s1/i2D3. The molecule has 1 aromatic heterocycles. The molecule has 1 atom stereocenters. The van der Waals surface area contributed by atoms with Gasteiger partial charge in [0.2, 0.25) is 0 Å². The number of carbonyl (C=O) groups excluding carboxylic acids is 1. The van der Waals surface area contributed by atoms with E-state index in [-0.39, 0.29) is 17.9 Å². The van der Waals surface area contributed by atoms with Gasteiger partial charge in [-0.25, -0.2) is 18.3 Å². The van der Waals surface area contributed by atoms with Gasteiger partial charge in [-0.15, -0.1) is 0 Å². The molecule has 1 aromatic carbocycles. The van der Waals surface area contributed by atoms with E-state index in [9.17, 15) is 22.4 Å². The lowest BCUT2D eigenvalue weighted by Crippen LogP contribution is -2.50. The third-order valence-electron chi connectivity index (χ3n) is 4.59. The van der Waals surface area contributed by atoms with Crippen LogP contribution in [0.4, 0.5) is 4.39 Å². The number of hydrogen-bond donors (Lipinski definition) is 2. The van der Waals surface area contributed by atoms with E-state index >= 15 is 0 Å². The van der Waals surface area contributed by atoms with Crippen molar-refractivity contribution >= 4 is 15.7 Å². The van der Waals surface area contributed by atoms with Gasteiger partial charge in [0.05, 0.1) is 11.2 Å². The first-order valence-electron chi connectivity index (χ1n) is 9.51. The van der Waals surface area contributed by atoms with Gasteiger partial charge in [0.1, 0.15) is 11.6 Å². The minimum absolute atomic E-state index is 0.0414. The molecule has 28 heavy (non-hydrogen) atoms. The molecule has 0 unspecified atom stereocenters. The van der Waals surface area contributed by atoms with Gasteiger partial charge in [-0.1, -0.05) is 12.1 Å². The van der Waals surface area contributed by atoms with Crippen molar-refractivity contribution in [2.45, 2.75) is 24.6 Å². The summed E-state index contributed by atoms with van der Waals surface area (Å²) in [6.07, 6.45) is 1.30. The Kier molecular flexibility index (Phi) is 5.04. The Balaban J connectivity index is 2.30. The van der Waals surface area contributed by atoms with Crippen LogP contribution in [-0.4, -0.2) is 42.1 Å². The van der Waals surface area contributed by atoms with Crippen LogP contribution in [0.1, 0.15) is 17.5 Å². The zero-order chi connectivity index (χ0) is 23.6. The Bertz CT molecular complexity index is 1130. The topological polar surface area (TPSA) is 115 Å². The number of nitrogens with one attached hydrogen (secondary N) is 1. The first-order chi connectivity index (χ1) is 14.2. The van der Waals surface area contributed by atoms with Crippen LogP contribution < -0.4 is 15.8 Å². The van der Waals surface area contributed by atoms with Crippen molar-refractivity contribution in [2.24, 2.45) is 0 Å². The van der Waals surface area contributed by atoms with E-state index in [0.29, 0.717) is 5.56 Å². The van der Waals surface area contributed by atoms with E-state index in [2.05, 4.69) is 0 Å². The summed E-state index contributed by atoms with van der Waals surface area (Å²) in [7, 11) is -6.61. The highest BCUT2D eigenvalue weighted by molar-refractivity contribution is 7.92. The molecule has 0 fully saturated rings. The fourth-order valence-corrected chi connectivity index (χ4v) is 3.41. The third-order valence-corrected chi connectivity index (χ3v) is 6.62. The Morgan fingerprint density at radius 2 is 2.04 bits per heavy atom. The monoisotopic (exact) mass is 415 g/mol. The summed E-state index contributed by atoms with van der Waals surface area (Å²) in [6, 6.07) is 6.40. The van der Waals surface area contributed by atoms with Crippen LogP contribution in [-0.2, 0) is 21.2 Å². The summed E-state index contributed by atoms with van der Waals surface area (Å²) >= 11 is 0. The van der Waals surface area contributed by atoms with Gasteiger partial charge in [-0.05, 0) is 31.0 Å². The normalized spacial score (nSPS) is 15.6. The molecule has 0 saturated heterocycles. The van der Waals surface area contributed by atoms with E-state index in [4.69, 9.17) is 14.1 Å². The van der Waals surface area contributed by atoms with E-state index in [1.165, 1.54) is 29.7 Å². The Hall–Kier alpha value is -2.72. The largest absolute Gasteiger partial charge is 0.497 e. The average Bonchev–Trinajstić information content (AvgIpc) is 2.66. The second-order valence-corrected chi connectivity index (χ2v) is 8.83. The second kappa shape index (κ2) is 8.11. The molecule has 0 aliphatic rings. The molecular weight excluding hydrogens is 391 g/mol. The van der Waals surface area contributed by atoms with E-state index < -0.39 is 45.3 Å². The van der Waals surface area contributed by atoms with Crippen LogP contribution in [0.25, 0.3) is 11.1 Å². The minimum atomic E-state index is -3.97. The Morgan fingerprint density at radius 3 is 2.57 bits per heavy atom. The van der Waals surface area contributed by atoms with Crippen molar-refractivity contribution in [1.29, 1.82) is 0 Å². The number of aryl methyl sites for hydroxylation is 1.